The molecule has 0 amide bonds. The van der Waals surface area contributed by atoms with Crippen LogP contribution in [0.2, 0.25) is 0 Å². The van der Waals surface area contributed by atoms with Crippen LogP contribution in [-0.4, -0.2) is 24.1 Å². The Hall–Kier alpha value is -1.62. The fourth-order valence-corrected chi connectivity index (χ4v) is 2.44. The molecule has 2 heterocycles. The first-order chi connectivity index (χ1) is 7.77. The van der Waals surface area contributed by atoms with Crippen molar-refractivity contribution in [2.75, 3.05) is 19.5 Å². The smallest absolute Gasteiger partial charge is 0.188 e. The molecule has 0 bridgehead atoms. The minimum Gasteiger partial charge on any atom is -0.491 e. The third kappa shape index (κ3) is 1.74. The molecule has 0 spiro atoms. The van der Waals surface area contributed by atoms with Crippen LogP contribution in [0.4, 0.5) is 5.82 Å². The van der Waals surface area contributed by atoms with E-state index in [0.29, 0.717) is 11.6 Å². The Balaban J connectivity index is 2.61. The lowest BCUT2D eigenvalue weighted by molar-refractivity contribution is 0.415. The highest BCUT2D eigenvalue weighted by atomic mass is 32.1. The van der Waals surface area contributed by atoms with E-state index in [2.05, 4.69) is 28.3 Å². The predicted molar refractivity (Wildman–Crippen MR) is 66.2 cm³/mol. The molecule has 2 aromatic heterocycles. The summed E-state index contributed by atoms with van der Waals surface area (Å²) in [4.78, 5) is 9.54. The fourth-order valence-electron chi connectivity index (χ4n) is 1.52. The van der Waals surface area contributed by atoms with Gasteiger partial charge in [-0.3, -0.25) is 0 Å². The summed E-state index contributed by atoms with van der Waals surface area (Å²) in [5.41, 5.74) is 2.04. The normalized spacial score (nSPS) is 10.2. The van der Waals surface area contributed by atoms with Gasteiger partial charge in [-0.1, -0.05) is 0 Å². The van der Waals surface area contributed by atoms with Gasteiger partial charge in [0.15, 0.2) is 11.6 Å². The molecule has 0 radical (unpaired) electrons. The number of nitrogens with one attached hydrogen (secondary N) is 1. The Morgan fingerprint density at radius 1 is 1.38 bits per heavy atom. The van der Waals surface area contributed by atoms with Crippen molar-refractivity contribution in [3.05, 3.63) is 23.3 Å². The average molecular weight is 235 g/mol. The molecule has 2 rings (SSSR count). The van der Waals surface area contributed by atoms with Gasteiger partial charge in [-0.05, 0) is 23.9 Å². The van der Waals surface area contributed by atoms with Crippen LogP contribution < -0.4 is 10.1 Å². The number of hydrogen-bond acceptors (Lipinski definition) is 5. The summed E-state index contributed by atoms with van der Waals surface area (Å²) in [5.74, 6) is 1.40. The van der Waals surface area contributed by atoms with Gasteiger partial charge in [-0.25, -0.2) is 9.97 Å². The molecule has 1 N–H and O–H groups in total. The zero-order valence-electron chi connectivity index (χ0n) is 9.44. The van der Waals surface area contributed by atoms with Crippen LogP contribution in [0.25, 0.3) is 10.6 Å². The lowest BCUT2D eigenvalue weighted by Crippen LogP contribution is -2.00. The molecule has 0 aliphatic rings. The Kier molecular flexibility index (Phi) is 3.05. The van der Waals surface area contributed by atoms with E-state index in [9.17, 15) is 0 Å². The van der Waals surface area contributed by atoms with Crippen molar-refractivity contribution < 1.29 is 4.74 Å². The molecular formula is C11H13N3OS. The minimum atomic E-state index is 0.690. The van der Waals surface area contributed by atoms with Crippen LogP contribution in [-0.2, 0) is 0 Å². The summed E-state index contributed by atoms with van der Waals surface area (Å²) in [6.07, 6.45) is 1.54. The van der Waals surface area contributed by atoms with Crippen molar-refractivity contribution in [2.45, 2.75) is 6.92 Å². The van der Waals surface area contributed by atoms with Crippen LogP contribution >= 0.6 is 11.3 Å². The second kappa shape index (κ2) is 4.49. The first-order valence-electron chi connectivity index (χ1n) is 4.89. The molecule has 0 saturated carbocycles. The third-order valence-electron chi connectivity index (χ3n) is 2.32. The molecule has 0 aliphatic carbocycles. The van der Waals surface area contributed by atoms with Crippen molar-refractivity contribution in [2.24, 2.45) is 0 Å². The average Bonchev–Trinajstić information content (AvgIpc) is 2.74. The maximum absolute atomic E-state index is 5.37. The van der Waals surface area contributed by atoms with Gasteiger partial charge in [0, 0.05) is 7.05 Å². The molecule has 0 atom stereocenters. The maximum atomic E-state index is 5.37. The number of hydrogen-bond donors (Lipinski definition) is 1. The Bertz CT molecular complexity index is 496. The molecule has 5 heteroatoms. The Labute approximate surface area is 98.3 Å². The van der Waals surface area contributed by atoms with Gasteiger partial charge in [0.1, 0.15) is 12.0 Å². The van der Waals surface area contributed by atoms with E-state index < -0.39 is 0 Å². The molecule has 2 aromatic rings. The van der Waals surface area contributed by atoms with E-state index in [0.717, 1.165) is 10.6 Å². The molecule has 4 nitrogen and oxygen atoms in total. The van der Waals surface area contributed by atoms with Gasteiger partial charge in [0.2, 0.25) is 0 Å². The van der Waals surface area contributed by atoms with E-state index in [1.54, 1.807) is 24.8 Å². The maximum Gasteiger partial charge on any atom is 0.188 e. The van der Waals surface area contributed by atoms with Gasteiger partial charge in [0.05, 0.1) is 12.0 Å². The number of aryl methyl sites for hydroxylation is 1. The molecule has 84 valence electrons. The topological polar surface area (TPSA) is 47.0 Å². The standard InChI is InChI=1S/C11H13N3OS/c1-7-4-5-16-10(7)8-9(15-3)11(12-2)14-6-13-8/h4-6H,1-3H3,(H,12,13,14). The van der Waals surface area contributed by atoms with Crippen molar-refractivity contribution in [3.8, 4) is 16.3 Å². The van der Waals surface area contributed by atoms with Crippen LogP contribution in [0.3, 0.4) is 0 Å². The van der Waals surface area contributed by atoms with Crippen molar-refractivity contribution in [1.29, 1.82) is 0 Å². The highest BCUT2D eigenvalue weighted by Gasteiger charge is 2.15. The van der Waals surface area contributed by atoms with Gasteiger partial charge < -0.3 is 10.1 Å². The highest BCUT2D eigenvalue weighted by Crippen LogP contribution is 2.37. The monoisotopic (exact) mass is 235 g/mol. The number of ether oxygens (including phenoxy) is 1. The largest absolute Gasteiger partial charge is 0.491 e. The van der Waals surface area contributed by atoms with Gasteiger partial charge in [0.25, 0.3) is 0 Å². The molecule has 0 aromatic carbocycles. The summed E-state index contributed by atoms with van der Waals surface area (Å²) in [7, 11) is 3.45. The number of thiophene rings is 1. The number of anilines is 1. The molecule has 0 unspecified atom stereocenters. The second-order valence-electron chi connectivity index (χ2n) is 3.29. The number of rotatable bonds is 3. The Morgan fingerprint density at radius 3 is 2.75 bits per heavy atom. The summed E-state index contributed by atoms with van der Waals surface area (Å²) < 4.78 is 5.37. The molecule has 0 aliphatic heterocycles. The first kappa shape index (κ1) is 10.9. The van der Waals surface area contributed by atoms with Crippen LogP contribution in [0, 0.1) is 6.92 Å². The summed E-state index contributed by atoms with van der Waals surface area (Å²) in [6, 6.07) is 2.07. The molecule has 16 heavy (non-hydrogen) atoms. The quantitative estimate of drug-likeness (QED) is 0.888. The van der Waals surface area contributed by atoms with E-state index in [4.69, 9.17) is 4.74 Å². The van der Waals surface area contributed by atoms with E-state index in [1.807, 2.05) is 12.4 Å². The van der Waals surface area contributed by atoms with Crippen LogP contribution in [0.5, 0.6) is 5.75 Å². The minimum absolute atomic E-state index is 0.690. The third-order valence-corrected chi connectivity index (χ3v) is 3.35. The molecular weight excluding hydrogens is 222 g/mol. The van der Waals surface area contributed by atoms with E-state index in [1.165, 1.54) is 5.56 Å². The van der Waals surface area contributed by atoms with Crippen molar-refractivity contribution in [1.82, 2.24) is 9.97 Å². The van der Waals surface area contributed by atoms with Gasteiger partial charge in [-0.15, -0.1) is 11.3 Å². The van der Waals surface area contributed by atoms with E-state index >= 15 is 0 Å². The van der Waals surface area contributed by atoms with Crippen molar-refractivity contribution in [3.63, 3.8) is 0 Å². The summed E-state index contributed by atoms with van der Waals surface area (Å²) in [6.45, 7) is 2.06. The van der Waals surface area contributed by atoms with Gasteiger partial charge >= 0.3 is 0 Å². The number of methoxy groups -OCH3 is 1. The predicted octanol–water partition coefficient (Wildman–Crippen LogP) is 2.56. The fraction of sp³-hybridized carbons (Fsp3) is 0.273. The molecule has 0 saturated heterocycles. The Morgan fingerprint density at radius 2 is 2.19 bits per heavy atom. The number of aromatic nitrogens is 2. The van der Waals surface area contributed by atoms with Crippen LogP contribution in [0.15, 0.2) is 17.8 Å². The lowest BCUT2D eigenvalue weighted by Gasteiger charge is -2.10. The summed E-state index contributed by atoms with van der Waals surface area (Å²) in [5, 5.41) is 5.04. The van der Waals surface area contributed by atoms with Crippen LogP contribution in [0.1, 0.15) is 5.56 Å². The molecule has 0 fully saturated rings. The first-order valence-corrected chi connectivity index (χ1v) is 5.77. The summed E-state index contributed by atoms with van der Waals surface area (Å²) >= 11 is 1.65. The van der Waals surface area contributed by atoms with Crippen molar-refractivity contribution >= 4 is 17.2 Å². The van der Waals surface area contributed by atoms with E-state index in [-0.39, 0.29) is 0 Å². The SMILES string of the molecule is CNc1ncnc(-c2sccc2C)c1OC. The highest BCUT2D eigenvalue weighted by molar-refractivity contribution is 7.13. The zero-order chi connectivity index (χ0) is 11.5. The van der Waals surface area contributed by atoms with Gasteiger partial charge in [-0.2, -0.15) is 0 Å². The zero-order valence-corrected chi connectivity index (χ0v) is 10.3. The lowest BCUT2D eigenvalue weighted by atomic mass is 10.2. The second-order valence-corrected chi connectivity index (χ2v) is 4.20. The number of nitrogens with zero attached hydrogens (tertiary/aromatic N) is 2.